The van der Waals surface area contributed by atoms with Gasteiger partial charge in [-0.2, -0.15) is 0 Å². The summed E-state index contributed by atoms with van der Waals surface area (Å²) in [6.45, 7) is 3.10. The molecule has 0 amide bonds. The van der Waals surface area contributed by atoms with Gasteiger partial charge in [0, 0.05) is 19.1 Å². The standard InChI is InChI=1S/C13H18BrFN2/c1-17-6-2-3-11(9-17)16-8-10-4-5-13(15)12(14)7-10/h4-5,7,11,16H,2-3,6,8-9H2,1H3. The lowest BCUT2D eigenvalue weighted by molar-refractivity contribution is 0.226. The van der Waals surface area contributed by atoms with E-state index in [2.05, 4.69) is 33.2 Å². The molecule has 1 fully saturated rings. The van der Waals surface area contributed by atoms with E-state index in [1.165, 1.54) is 25.5 Å². The van der Waals surface area contributed by atoms with Crippen molar-refractivity contribution in [2.75, 3.05) is 20.1 Å². The molecule has 1 aliphatic rings. The van der Waals surface area contributed by atoms with Crippen molar-refractivity contribution in [2.24, 2.45) is 0 Å². The Kier molecular flexibility index (Phi) is 4.54. The lowest BCUT2D eigenvalue weighted by atomic mass is 10.1. The Bertz CT molecular complexity index is 384. The Labute approximate surface area is 110 Å². The minimum atomic E-state index is -0.203. The second-order valence-electron chi connectivity index (χ2n) is 4.73. The molecule has 4 heteroatoms. The highest BCUT2D eigenvalue weighted by Gasteiger charge is 2.16. The van der Waals surface area contributed by atoms with Gasteiger partial charge in [-0.1, -0.05) is 6.07 Å². The monoisotopic (exact) mass is 300 g/mol. The van der Waals surface area contributed by atoms with Crippen LogP contribution in [0.15, 0.2) is 22.7 Å². The normalized spacial score (nSPS) is 21.7. The quantitative estimate of drug-likeness (QED) is 0.923. The number of hydrogen-bond donors (Lipinski definition) is 1. The molecular weight excluding hydrogens is 283 g/mol. The molecule has 1 heterocycles. The molecule has 0 bridgehead atoms. The first-order valence-corrected chi connectivity index (χ1v) is 6.80. The van der Waals surface area contributed by atoms with Crippen LogP contribution in [-0.4, -0.2) is 31.1 Å². The summed E-state index contributed by atoms with van der Waals surface area (Å²) in [5.41, 5.74) is 1.12. The maximum atomic E-state index is 13.1. The van der Waals surface area contributed by atoms with E-state index in [1.54, 1.807) is 0 Å². The summed E-state index contributed by atoms with van der Waals surface area (Å²) >= 11 is 3.21. The van der Waals surface area contributed by atoms with Gasteiger partial charge in [-0.25, -0.2) is 4.39 Å². The third kappa shape index (κ3) is 3.76. The van der Waals surface area contributed by atoms with Crippen molar-refractivity contribution in [3.05, 3.63) is 34.1 Å². The first kappa shape index (κ1) is 13.0. The molecule has 17 heavy (non-hydrogen) atoms. The van der Waals surface area contributed by atoms with E-state index in [9.17, 15) is 4.39 Å². The first-order valence-electron chi connectivity index (χ1n) is 6.01. The topological polar surface area (TPSA) is 15.3 Å². The smallest absolute Gasteiger partial charge is 0.137 e. The molecule has 0 radical (unpaired) electrons. The van der Waals surface area contributed by atoms with Crippen molar-refractivity contribution in [3.63, 3.8) is 0 Å². The minimum Gasteiger partial charge on any atom is -0.309 e. The molecular formula is C13H18BrFN2. The molecule has 1 N–H and O–H groups in total. The fraction of sp³-hybridized carbons (Fsp3) is 0.538. The molecule has 1 aromatic rings. The van der Waals surface area contributed by atoms with Crippen LogP contribution in [-0.2, 0) is 6.54 Å². The van der Waals surface area contributed by atoms with Crippen molar-refractivity contribution in [3.8, 4) is 0 Å². The van der Waals surface area contributed by atoms with E-state index in [4.69, 9.17) is 0 Å². The summed E-state index contributed by atoms with van der Waals surface area (Å²) in [5.74, 6) is -0.203. The highest BCUT2D eigenvalue weighted by molar-refractivity contribution is 9.10. The lowest BCUT2D eigenvalue weighted by Gasteiger charge is -2.30. The van der Waals surface area contributed by atoms with Gasteiger partial charge in [0.1, 0.15) is 5.82 Å². The maximum Gasteiger partial charge on any atom is 0.137 e. The van der Waals surface area contributed by atoms with Crippen molar-refractivity contribution in [2.45, 2.75) is 25.4 Å². The molecule has 0 aliphatic carbocycles. The van der Waals surface area contributed by atoms with E-state index >= 15 is 0 Å². The molecule has 1 saturated heterocycles. The summed E-state index contributed by atoms with van der Waals surface area (Å²) in [6.07, 6.45) is 2.48. The number of piperidine rings is 1. The summed E-state index contributed by atoms with van der Waals surface area (Å²) in [4.78, 5) is 2.35. The number of hydrogen-bond acceptors (Lipinski definition) is 2. The Morgan fingerprint density at radius 3 is 3.06 bits per heavy atom. The Balaban J connectivity index is 1.86. The van der Waals surface area contributed by atoms with Crippen LogP contribution in [0.2, 0.25) is 0 Å². The zero-order chi connectivity index (χ0) is 12.3. The van der Waals surface area contributed by atoms with Gasteiger partial charge in [-0.15, -0.1) is 0 Å². The van der Waals surface area contributed by atoms with Gasteiger partial charge in [-0.05, 0) is 60.1 Å². The fourth-order valence-corrected chi connectivity index (χ4v) is 2.67. The number of likely N-dealkylation sites (tertiary alicyclic amines) is 1. The highest BCUT2D eigenvalue weighted by Crippen LogP contribution is 2.17. The second-order valence-corrected chi connectivity index (χ2v) is 5.59. The van der Waals surface area contributed by atoms with E-state index in [1.807, 2.05) is 12.1 Å². The van der Waals surface area contributed by atoms with Gasteiger partial charge in [0.25, 0.3) is 0 Å². The maximum absolute atomic E-state index is 13.1. The molecule has 0 saturated carbocycles. The van der Waals surface area contributed by atoms with Gasteiger partial charge in [0.15, 0.2) is 0 Å². The molecule has 1 aliphatic heterocycles. The molecule has 1 atom stereocenters. The molecule has 0 aromatic heterocycles. The summed E-state index contributed by atoms with van der Waals surface area (Å²) in [6, 6.07) is 5.74. The van der Waals surface area contributed by atoms with Crippen molar-refractivity contribution in [1.82, 2.24) is 10.2 Å². The van der Waals surface area contributed by atoms with Gasteiger partial charge in [-0.3, -0.25) is 0 Å². The summed E-state index contributed by atoms with van der Waals surface area (Å²) < 4.78 is 13.6. The molecule has 1 unspecified atom stereocenters. The van der Waals surface area contributed by atoms with Gasteiger partial charge in [0.05, 0.1) is 4.47 Å². The van der Waals surface area contributed by atoms with E-state index in [0.29, 0.717) is 10.5 Å². The van der Waals surface area contributed by atoms with Gasteiger partial charge < -0.3 is 10.2 Å². The van der Waals surface area contributed by atoms with Crippen LogP contribution in [0.3, 0.4) is 0 Å². The Morgan fingerprint density at radius 2 is 2.35 bits per heavy atom. The summed E-state index contributed by atoms with van der Waals surface area (Å²) in [5, 5.41) is 3.53. The third-order valence-electron chi connectivity index (χ3n) is 3.20. The van der Waals surface area contributed by atoms with E-state index in [-0.39, 0.29) is 5.82 Å². The van der Waals surface area contributed by atoms with Gasteiger partial charge in [0.2, 0.25) is 0 Å². The largest absolute Gasteiger partial charge is 0.309 e. The van der Waals surface area contributed by atoms with Crippen LogP contribution >= 0.6 is 15.9 Å². The van der Waals surface area contributed by atoms with Crippen LogP contribution in [0.1, 0.15) is 18.4 Å². The summed E-state index contributed by atoms with van der Waals surface area (Å²) in [7, 11) is 2.16. The van der Waals surface area contributed by atoms with Crippen LogP contribution < -0.4 is 5.32 Å². The van der Waals surface area contributed by atoms with E-state index in [0.717, 1.165) is 18.7 Å². The predicted molar refractivity (Wildman–Crippen MR) is 71.5 cm³/mol. The number of likely N-dealkylation sites (N-methyl/N-ethyl adjacent to an activating group) is 1. The number of benzene rings is 1. The SMILES string of the molecule is CN1CCCC(NCc2ccc(F)c(Br)c2)C1. The number of rotatable bonds is 3. The number of nitrogens with zero attached hydrogens (tertiary/aromatic N) is 1. The van der Waals surface area contributed by atoms with Crippen LogP contribution in [0.5, 0.6) is 0 Å². The Hall–Kier alpha value is -0.450. The number of halogens is 2. The van der Waals surface area contributed by atoms with Crippen LogP contribution in [0, 0.1) is 5.82 Å². The van der Waals surface area contributed by atoms with E-state index < -0.39 is 0 Å². The average molecular weight is 301 g/mol. The third-order valence-corrected chi connectivity index (χ3v) is 3.81. The zero-order valence-corrected chi connectivity index (χ0v) is 11.6. The van der Waals surface area contributed by atoms with Crippen LogP contribution in [0.25, 0.3) is 0 Å². The Morgan fingerprint density at radius 1 is 1.53 bits per heavy atom. The van der Waals surface area contributed by atoms with Gasteiger partial charge >= 0.3 is 0 Å². The molecule has 0 spiro atoms. The highest BCUT2D eigenvalue weighted by atomic mass is 79.9. The van der Waals surface area contributed by atoms with Crippen molar-refractivity contribution in [1.29, 1.82) is 0 Å². The van der Waals surface area contributed by atoms with Crippen molar-refractivity contribution < 1.29 is 4.39 Å². The second kappa shape index (κ2) is 5.94. The first-order chi connectivity index (χ1) is 8.15. The van der Waals surface area contributed by atoms with Crippen LogP contribution in [0.4, 0.5) is 4.39 Å². The minimum absolute atomic E-state index is 0.203. The molecule has 2 nitrogen and oxygen atoms in total. The molecule has 94 valence electrons. The number of nitrogens with one attached hydrogen (secondary N) is 1. The molecule has 1 aromatic carbocycles. The molecule has 2 rings (SSSR count). The fourth-order valence-electron chi connectivity index (χ4n) is 2.24. The van der Waals surface area contributed by atoms with Crippen molar-refractivity contribution >= 4 is 15.9 Å². The lowest BCUT2D eigenvalue weighted by Crippen LogP contribution is -2.43. The predicted octanol–water partition coefficient (Wildman–Crippen LogP) is 2.77. The average Bonchev–Trinajstić information content (AvgIpc) is 2.31. The zero-order valence-electron chi connectivity index (χ0n) is 10.0.